The molecule has 0 radical (unpaired) electrons. The molecule has 0 aromatic carbocycles. The van der Waals surface area contributed by atoms with Gasteiger partial charge in [0.1, 0.15) is 0 Å². The van der Waals surface area contributed by atoms with Crippen LogP contribution in [-0.2, 0) is 0 Å². The fourth-order valence-corrected chi connectivity index (χ4v) is 6.69. The molecule has 3 nitrogen and oxygen atoms in total. The van der Waals surface area contributed by atoms with Crippen molar-refractivity contribution in [1.82, 2.24) is 0 Å². The highest BCUT2D eigenvalue weighted by Crippen LogP contribution is 2.64. The van der Waals surface area contributed by atoms with Crippen molar-refractivity contribution < 1.29 is 10.3 Å². The number of aliphatic hydroxyl groups is 1. The quantitative estimate of drug-likeness (QED) is 0.317. The second-order valence-electron chi connectivity index (χ2n) is 9.14. The van der Waals surface area contributed by atoms with Gasteiger partial charge in [-0.2, -0.15) is 0 Å². The highest BCUT2D eigenvalue weighted by molar-refractivity contribution is 5.86. The minimum Gasteiger partial charge on any atom is -0.411 e. The Morgan fingerprint density at radius 2 is 1.88 bits per heavy atom. The van der Waals surface area contributed by atoms with E-state index in [-0.39, 0.29) is 16.9 Å². The summed E-state index contributed by atoms with van der Waals surface area (Å²) in [5, 5.41) is 22.9. The van der Waals surface area contributed by atoms with Crippen LogP contribution in [0.4, 0.5) is 0 Å². The summed E-state index contributed by atoms with van der Waals surface area (Å²) < 4.78 is 0. The third kappa shape index (κ3) is 2.09. The van der Waals surface area contributed by atoms with Crippen LogP contribution in [-0.4, -0.2) is 22.1 Å². The maximum Gasteiger partial charge on any atom is 0.0582 e. The zero-order valence-corrected chi connectivity index (χ0v) is 15.3. The average Bonchev–Trinajstić information content (AvgIpc) is 2.92. The molecule has 0 heterocycles. The molecule has 0 saturated heterocycles. The van der Waals surface area contributed by atoms with E-state index in [2.05, 4.69) is 31.2 Å². The summed E-state index contributed by atoms with van der Waals surface area (Å²) in [5.41, 5.74) is 4.50. The van der Waals surface area contributed by atoms with E-state index in [1.165, 1.54) is 18.4 Å². The van der Waals surface area contributed by atoms with Crippen molar-refractivity contribution in [1.29, 1.82) is 0 Å². The van der Waals surface area contributed by atoms with Gasteiger partial charge in [-0.05, 0) is 74.5 Å². The Balaban J connectivity index is 1.68. The Morgan fingerprint density at radius 3 is 2.62 bits per heavy atom. The first-order valence-electron chi connectivity index (χ1n) is 9.67. The van der Waals surface area contributed by atoms with Gasteiger partial charge >= 0.3 is 0 Å². The minimum atomic E-state index is -0.131. The highest BCUT2D eigenvalue weighted by Gasteiger charge is 2.55. The van der Waals surface area contributed by atoms with Crippen LogP contribution in [0.2, 0.25) is 0 Å². The van der Waals surface area contributed by atoms with Crippen LogP contribution >= 0.6 is 0 Å². The van der Waals surface area contributed by atoms with Crippen molar-refractivity contribution in [3.8, 4) is 0 Å². The summed E-state index contributed by atoms with van der Waals surface area (Å²) in [5.74, 6) is 1.73. The molecule has 4 aliphatic rings. The predicted molar refractivity (Wildman–Crippen MR) is 96.1 cm³/mol. The number of allylic oxidation sites excluding steroid dienone is 3. The summed E-state index contributed by atoms with van der Waals surface area (Å²) in [6, 6.07) is 0. The first-order valence-corrected chi connectivity index (χ1v) is 9.67. The maximum absolute atomic E-state index is 10.1. The number of aliphatic hydroxyl groups excluding tert-OH is 1. The van der Waals surface area contributed by atoms with Crippen LogP contribution in [0.3, 0.4) is 0 Å². The molecule has 2 fully saturated rings. The van der Waals surface area contributed by atoms with Crippen molar-refractivity contribution in [2.75, 3.05) is 0 Å². The molecule has 132 valence electrons. The Bertz CT molecular complexity index is 634. The molecule has 4 aliphatic carbocycles. The van der Waals surface area contributed by atoms with Crippen LogP contribution in [0.25, 0.3) is 0 Å². The molecule has 0 unspecified atom stereocenters. The number of rotatable bonds is 1. The third-order valence-electron chi connectivity index (χ3n) is 8.15. The molecule has 2 saturated carbocycles. The normalized spacial score (nSPS) is 48.1. The summed E-state index contributed by atoms with van der Waals surface area (Å²) >= 11 is 0. The monoisotopic (exact) mass is 329 g/mol. The van der Waals surface area contributed by atoms with Gasteiger partial charge in [-0.15, -0.1) is 0 Å². The molecular formula is C21H31NO2. The van der Waals surface area contributed by atoms with Crippen LogP contribution in [0.15, 0.2) is 28.5 Å². The third-order valence-corrected chi connectivity index (χ3v) is 8.15. The van der Waals surface area contributed by atoms with E-state index in [1.807, 2.05) is 6.92 Å². The minimum absolute atomic E-state index is 0.131. The second-order valence-corrected chi connectivity index (χ2v) is 9.14. The first-order chi connectivity index (χ1) is 11.4. The van der Waals surface area contributed by atoms with Gasteiger partial charge in [-0.1, -0.05) is 42.3 Å². The SMILES string of the molecule is C/C(=N/O)[C@H]1CC=C2[C@@H]3CC=C4C[C@@H](O)CC[C@]4(C)[C@H]3CC[C@@]21C. The predicted octanol–water partition coefficient (Wildman–Crippen LogP) is 4.70. The number of fused-ring (bicyclic) bond motifs is 5. The summed E-state index contributed by atoms with van der Waals surface area (Å²) in [6.45, 7) is 6.83. The first kappa shape index (κ1) is 16.4. The second kappa shape index (κ2) is 5.45. The number of nitrogens with zero attached hydrogens (tertiary/aromatic N) is 1. The van der Waals surface area contributed by atoms with Gasteiger partial charge in [-0.3, -0.25) is 0 Å². The van der Waals surface area contributed by atoms with Crippen molar-refractivity contribution >= 4 is 5.71 Å². The number of oxime groups is 1. The molecule has 0 aliphatic heterocycles. The van der Waals surface area contributed by atoms with E-state index in [0.717, 1.165) is 43.7 Å². The maximum atomic E-state index is 10.1. The van der Waals surface area contributed by atoms with Gasteiger partial charge in [0.2, 0.25) is 0 Å². The van der Waals surface area contributed by atoms with Crippen molar-refractivity contribution in [2.45, 2.75) is 71.8 Å². The van der Waals surface area contributed by atoms with Gasteiger partial charge in [0.25, 0.3) is 0 Å². The zero-order chi connectivity index (χ0) is 17.1. The molecular weight excluding hydrogens is 298 g/mol. The zero-order valence-electron chi connectivity index (χ0n) is 15.3. The van der Waals surface area contributed by atoms with Gasteiger partial charge in [0.15, 0.2) is 0 Å². The van der Waals surface area contributed by atoms with Crippen LogP contribution < -0.4 is 0 Å². The van der Waals surface area contributed by atoms with E-state index in [4.69, 9.17) is 0 Å². The lowest BCUT2D eigenvalue weighted by atomic mass is 9.48. The molecule has 0 bridgehead atoms. The van der Waals surface area contributed by atoms with E-state index in [1.54, 1.807) is 5.57 Å². The van der Waals surface area contributed by atoms with Crippen LogP contribution in [0.1, 0.15) is 65.7 Å². The molecule has 6 atom stereocenters. The van der Waals surface area contributed by atoms with Crippen molar-refractivity contribution in [3.05, 3.63) is 23.3 Å². The number of hydrogen-bond acceptors (Lipinski definition) is 3. The molecule has 24 heavy (non-hydrogen) atoms. The highest BCUT2D eigenvalue weighted by atomic mass is 16.4. The lowest BCUT2D eigenvalue weighted by Crippen LogP contribution is -2.48. The van der Waals surface area contributed by atoms with E-state index in [0.29, 0.717) is 11.8 Å². The smallest absolute Gasteiger partial charge is 0.0582 e. The molecule has 0 spiro atoms. The Labute approximate surface area is 145 Å². The largest absolute Gasteiger partial charge is 0.411 e. The van der Waals surface area contributed by atoms with Gasteiger partial charge in [-0.25, -0.2) is 0 Å². The summed E-state index contributed by atoms with van der Waals surface area (Å²) in [4.78, 5) is 0. The lowest BCUT2D eigenvalue weighted by Gasteiger charge is -2.56. The molecule has 0 amide bonds. The standard InChI is InChI=1S/C21H31NO2/c1-13(22-24)17-6-7-18-16-5-4-14-12-15(23)8-10-20(14,2)19(16)9-11-21(17,18)3/h4,7,15-17,19,23-24H,5-6,8-12H2,1-3H3/b22-13-/t15-,16-,17+,19-,20-,21+/m0/s1. The Hall–Kier alpha value is -1.09. The van der Waals surface area contributed by atoms with Crippen LogP contribution in [0, 0.1) is 28.6 Å². The molecule has 0 aromatic heterocycles. The lowest BCUT2D eigenvalue weighted by molar-refractivity contribution is 0.0268. The van der Waals surface area contributed by atoms with Crippen molar-refractivity contribution in [3.63, 3.8) is 0 Å². The van der Waals surface area contributed by atoms with Crippen molar-refractivity contribution in [2.24, 2.45) is 33.7 Å². The van der Waals surface area contributed by atoms with E-state index < -0.39 is 0 Å². The van der Waals surface area contributed by atoms with Crippen LogP contribution in [0.5, 0.6) is 0 Å². The number of hydrogen-bond donors (Lipinski definition) is 2. The molecule has 3 heteroatoms. The fourth-order valence-electron chi connectivity index (χ4n) is 6.69. The molecule has 2 N–H and O–H groups in total. The van der Waals surface area contributed by atoms with Gasteiger partial charge in [0, 0.05) is 5.92 Å². The summed E-state index contributed by atoms with van der Waals surface area (Å²) in [7, 11) is 0. The Kier molecular flexibility index (Phi) is 3.72. The van der Waals surface area contributed by atoms with Gasteiger partial charge in [0.05, 0.1) is 11.8 Å². The molecule has 0 aromatic rings. The van der Waals surface area contributed by atoms with E-state index in [9.17, 15) is 10.3 Å². The molecule has 4 rings (SSSR count). The topological polar surface area (TPSA) is 52.8 Å². The fraction of sp³-hybridized carbons (Fsp3) is 0.762. The summed E-state index contributed by atoms with van der Waals surface area (Å²) in [6.07, 6.45) is 12.4. The Morgan fingerprint density at radius 1 is 1.12 bits per heavy atom. The van der Waals surface area contributed by atoms with Gasteiger partial charge < -0.3 is 10.3 Å². The average molecular weight is 329 g/mol. The van der Waals surface area contributed by atoms with E-state index >= 15 is 0 Å².